The van der Waals surface area contributed by atoms with E-state index in [1.165, 1.54) is 0 Å². The van der Waals surface area contributed by atoms with Crippen LogP contribution in [-0.4, -0.2) is 5.91 Å². The Morgan fingerprint density at radius 2 is 1.46 bits per heavy atom. The Hall–Kier alpha value is -3.01. The second-order valence-corrected chi connectivity index (χ2v) is 6.92. The number of carbonyl (C=O) groups is 1. The highest BCUT2D eigenvalue weighted by Gasteiger charge is 2.16. The molecule has 3 aromatic carbocycles. The van der Waals surface area contributed by atoms with E-state index < -0.39 is 0 Å². The van der Waals surface area contributed by atoms with E-state index in [4.69, 9.17) is 27.6 Å². The average Bonchev–Trinajstić information content (AvgIpc) is 3.21. The molecule has 0 fully saturated rings. The molecular formula is C23H15Cl2NO2. The van der Waals surface area contributed by atoms with Crippen molar-refractivity contribution >= 4 is 34.8 Å². The zero-order valence-corrected chi connectivity index (χ0v) is 16.2. The molecule has 3 nitrogen and oxygen atoms in total. The molecule has 0 saturated carbocycles. The number of para-hydroxylation sites is 1. The van der Waals surface area contributed by atoms with Crippen LogP contribution < -0.4 is 5.32 Å². The number of anilines is 1. The van der Waals surface area contributed by atoms with E-state index in [0.29, 0.717) is 27.1 Å². The molecule has 1 aromatic heterocycles. The highest BCUT2D eigenvalue weighted by Crippen LogP contribution is 2.34. The van der Waals surface area contributed by atoms with Crippen LogP contribution in [0.3, 0.4) is 0 Å². The molecule has 138 valence electrons. The maximum Gasteiger partial charge on any atom is 0.291 e. The number of amides is 1. The van der Waals surface area contributed by atoms with E-state index >= 15 is 0 Å². The molecule has 0 spiro atoms. The van der Waals surface area contributed by atoms with Crippen LogP contribution >= 0.6 is 23.2 Å². The minimum Gasteiger partial charge on any atom is -0.451 e. The van der Waals surface area contributed by atoms with E-state index in [0.717, 1.165) is 11.1 Å². The van der Waals surface area contributed by atoms with Crippen LogP contribution in [0.5, 0.6) is 0 Å². The first-order valence-electron chi connectivity index (χ1n) is 8.63. The van der Waals surface area contributed by atoms with Gasteiger partial charge in [0.15, 0.2) is 5.76 Å². The van der Waals surface area contributed by atoms with Crippen molar-refractivity contribution in [3.63, 3.8) is 0 Å². The molecule has 5 heteroatoms. The van der Waals surface area contributed by atoms with Gasteiger partial charge in [0.1, 0.15) is 5.76 Å². The number of hydrogen-bond donors (Lipinski definition) is 1. The van der Waals surface area contributed by atoms with Crippen LogP contribution in [0.1, 0.15) is 10.6 Å². The van der Waals surface area contributed by atoms with Gasteiger partial charge in [0.2, 0.25) is 0 Å². The Bertz CT molecular complexity index is 1140. The lowest BCUT2D eigenvalue weighted by atomic mass is 10.0. The summed E-state index contributed by atoms with van der Waals surface area (Å²) in [6.07, 6.45) is 0. The molecule has 4 aromatic rings. The van der Waals surface area contributed by atoms with Gasteiger partial charge in [-0.1, -0.05) is 77.8 Å². The van der Waals surface area contributed by atoms with Crippen molar-refractivity contribution < 1.29 is 9.21 Å². The zero-order chi connectivity index (χ0) is 19.5. The summed E-state index contributed by atoms with van der Waals surface area (Å²) in [5.41, 5.74) is 3.29. The van der Waals surface area contributed by atoms with Gasteiger partial charge < -0.3 is 9.73 Å². The summed E-state index contributed by atoms with van der Waals surface area (Å²) in [6.45, 7) is 0. The van der Waals surface area contributed by atoms with E-state index in [2.05, 4.69) is 5.32 Å². The standard InChI is InChI=1S/C23H15Cl2NO2/c24-18-11-6-10-17(22(18)25)20-13-14-21(28-20)23(27)26-19-12-5-4-9-16(19)15-7-2-1-3-8-15/h1-14H,(H,26,27). The van der Waals surface area contributed by atoms with E-state index in [9.17, 15) is 4.79 Å². The second-order valence-electron chi connectivity index (χ2n) is 6.13. The van der Waals surface area contributed by atoms with Crippen LogP contribution in [0, 0.1) is 0 Å². The SMILES string of the molecule is O=C(Nc1ccccc1-c1ccccc1)c1ccc(-c2cccc(Cl)c2Cl)o1. The lowest BCUT2D eigenvalue weighted by Gasteiger charge is -2.10. The summed E-state index contributed by atoms with van der Waals surface area (Å²) in [7, 11) is 0. The molecule has 0 bridgehead atoms. The number of nitrogens with one attached hydrogen (secondary N) is 1. The number of furan rings is 1. The first-order chi connectivity index (χ1) is 13.6. The molecule has 0 atom stereocenters. The summed E-state index contributed by atoms with van der Waals surface area (Å²) in [4.78, 5) is 12.7. The lowest BCUT2D eigenvalue weighted by Crippen LogP contribution is -2.11. The third kappa shape index (κ3) is 3.68. The van der Waals surface area contributed by atoms with Crippen LogP contribution in [0.4, 0.5) is 5.69 Å². The number of benzene rings is 3. The minimum atomic E-state index is -0.340. The molecule has 0 saturated heterocycles. The fraction of sp³-hybridized carbons (Fsp3) is 0. The largest absolute Gasteiger partial charge is 0.451 e. The van der Waals surface area contributed by atoms with Gasteiger partial charge in [-0.05, 0) is 35.9 Å². The maximum absolute atomic E-state index is 12.7. The second kappa shape index (κ2) is 7.93. The van der Waals surface area contributed by atoms with Gasteiger partial charge in [-0.25, -0.2) is 0 Å². The van der Waals surface area contributed by atoms with Gasteiger partial charge in [0.05, 0.1) is 10.0 Å². The number of carbonyl (C=O) groups excluding carboxylic acids is 1. The molecule has 0 aliphatic carbocycles. The van der Waals surface area contributed by atoms with Crippen LogP contribution in [0.25, 0.3) is 22.5 Å². The Balaban J connectivity index is 1.61. The fourth-order valence-electron chi connectivity index (χ4n) is 2.94. The maximum atomic E-state index is 12.7. The quantitative estimate of drug-likeness (QED) is 0.389. The van der Waals surface area contributed by atoms with Crippen molar-refractivity contribution in [3.8, 4) is 22.5 Å². The summed E-state index contributed by atoms with van der Waals surface area (Å²) < 4.78 is 5.73. The highest BCUT2D eigenvalue weighted by atomic mass is 35.5. The Morgan fingerprint density at radius 1 is 0.750 bits per heavy atom. The molecule has 28 heavy (non-hydrogen) atoms. The predicted octanol–water partition coefficient (Wildman–Crippen LogP) is 7.17. The number of hydrogen-bond acceptors (Lipinski definition) is 2. The fourth-order valence-corrected chi connectivity index (χ4v) is 3.34. The summed E-state index contributed by atoms with van der Waals surface area (Å²) in [5.74, 6) is 0.329. The van der Waals surface area contributed by atoms with Crippen molar-refractivity contribution in [1.29, 1.82) is 0 Å². The molecule has 0 unspecified atom stereocenters. The normalized spacial score (nSPS) is 10.6. The third-order valence-corrected chi connectivity index (χ3v) is 5.13. The topological polar surface area (TPSA) is 42.2 Å². The molecule has 1 amide bonds. The smallest absolute Gasteiger partial charge is 0.291 e. The van der Waals surface area contributed by atoms with Crippen LogP contribution in [0.15, 0.2) is 89.3 Å². The first-order valence-corrected chi connectivity index (χ1v) is 9.39. The minimum absolute atomic E-state index is 0.189. The Kier molecular flexibility index (Phi) is 5.20. The monoisotopic (exact) mass is 407 g/mol. The molecule has 1 N–H and O–H groups in total. The molecular weight excluding hydrogens is 393 g/mol. The van der Waals surface area contributed by atoms with Crippen molar-refractivity contribution in [3.05, 3.63) is 101 Å². The molecule has 0 radical (unpaired) electrons. The van der Waals surface area contributed by atoms with E-state index in [1.807, 2.05) is 54.6 Å². The Morgan fingerprint density at radius 3 is 2.29 bits per heavy atom. The Labute approximate surface area is 172 Å². The summed E-state index contributed by atoms with van der Waals surface area (Å²) in [6, 6.07) is 26.1. The molecule has 4 rings (SSSR count). The van der Waals surface area contributed by atoms with Gasteiger partial charge in [0, 0.05) is 16.8 Å². The predicted molar refractivity (Wildman–Crippen MR) is 114 cm³/mol. The van der Waals surface area contributed by atoms with Gasteiger partial charge in [-0.2, -0.15) is 0 Å². The van der Waals surface area contributed by atoms with Gasteiger partial charge in [-0.15, -0.1) is 0 Å². The zero-order valence-electron chi connectivity index (χ0n) is 14.7. The number of halogens is 2. The first kappa shape index (κ1) is 18.4. The highest BCUT2D eigenvalue weighted by molar-refractivity contribution is 6.43. The van der Waals surface area contributed by atoms with Gasteiger partial charge in [-0.3, -0.25) is 4.79 Å². The van der Waals surface area contributed by atoms with Crippen LogP contribution in [0.2, 0.25) is 10.0 Å². The van der Waals surface area contributed by atoms with Crippen LogP contribution in [-0.2, 0) is 0 Å². The van der Waals surface area contributed by atoms with Crippen molar-refractivity contribution in [2.45, 2.75) is 0 Å². The number of rotatable bonds is 4. The third-order valence-electron chi connectivity index (χ3n) is 4.31. The molecule has 1 heterocycles. The van der Waals surface area contributed by atoms with E-state index in [1.54, 1.807) is 30.3 Å². The summed E-state index contributed by atoms with van der Waals surface area (Å²) in [5, 5.41) is 3.74. The van der Waals surface area contributed by atoms with Gasteiger partial charge in [0.25, 0.3) is 5.91 Å². The van der Waals surface area contributed by atoms with Crippen molar-refractivity contribution in [2.24, 2.45) is 0 Å². The van der Waals surface area contributed by atoms with Crippen molar-refractivity contribution in [1.82, 2.24) is 0 Å². The van der Waals surface area contributed by atoms with Crippen molar-refractivity contribution in [2.75, 3.05) is 5.32 Å². The van der Waals surface area contributed by atoms with E-state index in [-0.39, 0.29) is 11.7 Å². The average molecular weight is 408 g/mol. The lowest BCUT2D eigenvalue weighted by molar-refractivity contribution is 0.0997. The van der Waals surface area contributed by atoms with Gasteiger partial charge >= 0.3 is 0 Å². The molecule has 0 aliphatic rings. The summed E-state index contributed by atoms with van der Waals surface area (Å²) >= 11 is 12.3. The molecule has 0 aliphatic heterocycles.